The average molecular weight is 231 g/mol. The van der Waals surface area contributed by atoms with Gasteiger partial charge in [-0.2, -0.15) is 0 Å². The van der Waals surface area contributed by atoms with Crippen LogP contribution in [-0.2, 0) is 13.0 Å². The maximum atomic E-state index is 3.18. The second-order valence-electron chi connectivity index (χ2n) is 3.85. The van der Waals surface area contributed by atoms with Crippen LogP contribution < -0.4 is 5.32 Å². The normalized spacial score (nSPS) is 10.6. The second-order valence-corrected chi connectivity index (χ2v) is 5.02. The summed E-state index contributed by atoms with van der Waals surface area (Å²) < 4.78 is 0. The van der Waals surface area contributed by atoms with Gasteiger partial charge in [0.1, 0.15) is 0 Å². The molecular weight excluding hydrogens is 214 g/mol. The molecule has 84 valence electrons. The van der Waals surface area contributed by atoms with Gasteiger partial charge in [-0.1, -0.05) is 31.2 Å². The van der Waals surface area contributed by atoms with E-state index in [1.807, 2.05) is 18.4 Å². The number of benzene rings is 1. The molecule has 2 aromatic rings. The van der Waals surface area contributed by atoms with Crippen LogP contribution in [0.2, 0.25) is 0 Å². The maximum absolute atomic E-state index is 3.18. The topological polar surface area (TPSA) is 12.0 Å². The number of aryl methyl sites for hydroxylation is 1. The summed E-state index contributed by atoms with van der Waals surface area (Å²) in [7, 11) is 1.98. The van der Waals surface area contributed by atoms with Crippen LogP contribution >= 0.6 is 11.3 Å². The Balaban J connectivity index is 2.21. The van der Waals surface area contributed by atoms with Gasteiger partial charge in [-0.05, 0) is 36.7 Å². The van der Waals surface area contributed by atoms with E-state index in [4.69, 9.17) is 0 Å². The fourth-order valence-corrected chi connectivity index (χ4v) is 2.73. The van der Waals surface area contributed by atoms with Crippen LogP contribution in [0.25, 0.3) is 10.4 Å². The number of thiophene rings is 1. The number of rotatable bonds is 4. The molecule has 0 amide bonds. The van der Waals surface area contributed by atoms with E-state index in [-0.39, 0.29) is 0 Å². The first-order valence-corrected chi connectivity index (χ1v) is 6.47. The van der Waals surface area contributed by atoms with Crippen LogP contribution in [0.3, 0.4) is 0 Å². The van der Waals surface area contributed by atoms with Crippen molar-refractivity contribution in [2.24, 2.45) is 0 Å². The molecule has 2 heteroatoms. The zero-order chi connectivity index (χ0) is 11.4. The maximum Gasteiger partial charge on any atom is 0.0346 e. The largest absolute Gasteiger partial charge is 0.315 e. The average Bonchev–Trinajstić information content (AvgIpc) is 2.78. The van der Waals surface area contributed by atoms with Crippen molar-refractivity contribution in [2.75, 3.05) is 7.05 Å². The van der Waals surface area contributed by atoms with Crippen LogP contribution in [-0.4, -0.2) is 7.05 Å². The minimum atomic E-state index is 0.956. The molecule has 0 unspecified atom stereocenters. The molecule has 1 aromatic carbocycles. The van der Waals surface area contributed by atoms with Gasteiger partial charge in [-0.25, -0.2) is 0 Å². The van der Waals surface area contributed by atoms with Crippen LogP contribution in [0.1, 0.15) is 17.4 Å². The Labute approximate surface area is 101 Å². The minimum absolute atomic E-state index is 0.956. The molecule has 1 N–H and O–H groups in total. The summed E-state index contributed by atoms with van der Waals surface area (Å²) in [6.45, 7) is 3.14. The molecule has 0 atom stereocenters. The predicted octanol–water partition coefficient (Wildman–Crippen LogP) is 3.70. The summed E-state index contributed by atoms with van der Waals surface area (Å²) in [6.07, 6.45) is 1.11. The lowest BCUT2D eigenvalue weighted by atomic mass is 10.1. The first-order chi connectivity index (χ1) is 7.83. The number of nitrogens with one attached hydrogen (secondary N) is 1. The van der Waals surface area contributed by atoms with Gasteiger partial charge >= 0.3 is 0 Å². The zero-order valence-corrected chi connectivity index (χ0v) is 10.6. The quantitative estimate of drug-likeness (QED) is 0.846. The molecule has 1 nitrogen and oxygen atoms in total. The van der Waals surface area contributed by atoms with Crippen molar-refractivity contribution < 1.29 is 0 Å². The third-order valence-electron chi connectivity index (χ3n) is 2.66. The van der Waals surface area contributed by atoms with E-state index < -0.39 is 0 Å². The Morgan fingerprint density at radius 3 is 2.44 bits per heavy atom. The van der Waals surface area contributed by atoms with Gasteiger partial charge in [0.2, 0.25) is 0 Å². The van der Waals surface area contributed by atoms with Crippen molar-refractivity contribution in [1.29, 1.82) is 0 Å². The van der Waals surface area contributed by atoms with Crippen molar-refractivity contribution in [3.63, 3.8) is 0 Å². The molecular formula is C14H17NS. The molecule has 0 aliphatic rings. The Hall–Kier alpha value is -1.12. The molecule has 16 heavy (non-hydrogen) atoms. The smallest absolute Gasteiger partial charge is 0.0346 e. The van der Waals surface area contributed by atoms with Gasteiger partial charge in [0.25, 0.3) is 0 Å². The summed E-state index contributed by atoms with van der Waals surface area (Å²) in [5.41, 5.74) is 2.72. The first-order valence-electron chi connectivity index (χ1n) is 5.66. The zero-order valence-electron chi connectivity index (χ0n) is 9.79. The van der Waals surface area contributed by atoms with E-state index in [1.54, 1.807) is 0 Å². The summed E-state index contributed by atoms with van der Waals surface area (Å²) in [5, 5.41) is 3.18. The Bertz CT molecular complexity index is 442. The minimum Gasteiger partial charge on any atom is -0.315 e. The summed E-state index contributed by atoms with van der Waals surface area (Å²) in [4.78, 5) is 2.74. The Kier molecular flexibility index (Phi) is 3.75. The van der Waals surface area contributed by atoms with E-state index in [1.165, 1.54) is 20.9 Å². The van der Waals surface area contributed by atoms with Gasteiger partial charge in [0.05, 0.1) is 0 Å². The highest BCUT2D eigenvalue weighted by Gasteiger charge is 2.02. The fraction of sp³-hybridized carbons (Fsp3) is 0.286. The Morgan fingerprint density at radius 2 is 1.81 bits per heavy atom. The molecule has 2 rings (SSSR count). The fourth-order valence-electron chi connectivity index (χ4n) is 1.71. The number of hydrogen-bond donors (Lipinski definition) is 1. The molecule has 0 aliphatic heterocycles. The second kappa shape index (κ2) is 5.28. The summed E-state index contributed by atoms with van der Waals surface area (Å²) in [5.74, 6) is 0. The van der Waals surface area contributed by atoms with Crippen LogP contribution in [0, 0.1) is 0 Å². The molecule has 0 bridgehead atoms. The molecule has 0 radical (unpaired) electrons. The van der Waals surface area contributed by atoms with Gasteiger partial charge in [-0.3, -0.25) is 0 Å². The van der Waals surface area contributed by atoms with Gasteiger partial charge < -0.3 is 5.32 Å². The highest BCUT2D eigenvalue weighted by Crippen LogP contribution is 2.28. The van der Waals surface area contributed by atoms with E-state index in [0.29, 0.717) is 0 Å². The summed E-state index contributed by atoms with van der Waals surface area (Å²) >= 11 is 1.86. The highest BCUT2D eigenvalue weighted by atomic mass is 32.1. The third-order valence-corrected chi connectivity index (χ3v) is 3.79. The molecule has 0 spiro atoms. The van der Waals surface area contributed by atoms with Crippen molar-refractivity contribution in [2.45, 2.75) is 19.9 Å². The van der Waals surface area contributed by atoms with Crippen molar-refractivity contribution in [3.8, 4) is 10.4 Å². The van der Waals surface area contributed by atoms with Crippen LogP contribution in [0.4, 0.5) is 0 Å². The van der Waals surface area contributed by atoms with Crippen molar-refractivity contribution in [1.82, 2.24) is 5.32 Å². The van der Waals surface area contributed by atoms with E-state index in [2.05, 4.69) is 48.6 Å². The van der Waals surface area contributed by atoms with Crippen LogP contribution in [0.15, 0.2) is 36.4 Å². The lowest BCUT2D eigenvalue weighted by molar-refractivity contribution is 0.831. The monoisotopic (exact) mass is 231 g/mol. The molecule has 1 aromatic heterocycles. The highest BCUT2D eigenvalue weighted by molar-refractivity contribution is 7.15. The molecule has 0 saturated carbocycles. The van der Waals surface area contributed by atoms with Gasteiger partial charge in [0, 0.05) is 16.3 Å². The lowest BCUT2D eigenvalue weighted by Crippen LogP contribution is -2.02. The van der Waals surface area contributed by atoms with Crippen LogP contribution in [0.5, 0.6) is 0 Å². The molecule has 0 fully saturated rings. The van der Waals surface area contributed by atoms with E-state index in [9.17, 15) is 0 Å². The first kappa shape index (κ1) is 11.4. The molecule has 0 aliphatic carbocycles. The third kappa shape index (κ3) is 2.52. The van der Waals surface area contributed by atoms with Gasteiger partial charge in [-0.15, -0.1) is 11.3 Å². The lowest BCUT2D eigenvalue weighted by Gasteiger charge is -1.99. The molecule has 1 heterocycles. The summed E-state index contributed by atoms with van der Waals surface area (Å²) in [6, 6.07) is 13.3. The van der Waals surface area contributed by atoms with Gasteiger partial charge in [0.15, 0.2) is 0 Å². The van der Waals surface area contributed by atoms with E-state index in [0.717, 1.165) is 13.0 Å². The van der Waals surface area contributed by atoms with E-state index >= 15 is 0 Å². The predicted molar refractivity (Wildman–Crippen MR) is 71.9 cm³/mol. The Morgan fingerprint density at radius 1 is 1.06 bits per heavy atom. The van der Waals surface area contributed by atoms with Crippen molar-refractivity contribution >= 4 is 11.3 Å². The molecule has 0 saturated heterocycles. The van der Waals surface area contributed by atoms with Crippen molar-refractivity contribution in [3.05, 3.63) is 46.8 Å². The number of hydrogen-bond acceptors (Lipinski definition) is 2. The standard InChI is InChI=1S/C14H17NS/c1-3-11-4-6-12(7-5-11)14-9-8-13(16-14)10-15-2/h4-9,15H,3,10H2,1-2H3. The SMILES string of the molecule is CCc1ccc(-c2ccc(CNC)s2)cc1.